The summed E-state index contributed by atoms with van der Waals surface area (Å²) >= 11 is 0. The summed E-state index contributed by atoms with van der Waals surface area (Å²) in [5.74, 6) is 0. The zero-order chi connectivity index (χ0) is 10.0. The monoisotopic (exact) mass is 193 g/mol. The number of pyridine rings is 1. The van der Waals surface area contributed by atoms with Gasteiger partial charge in [0.25, 0.3) is 0 Å². The second-order valence-electron chi connectivity index (χ2n) is 3.74. The Bertz CT molecular complexity index is 321. The maximum absolute atomic E-state index is 9.42. The minimum absolute atomic E-state index is 0.0729. The van der Waals surface area contributed by atoms with Crippen LogP contribution < -0.4 is 11.1 Å². The molecule has 0 saturated carbocycles. The van der Waals surface area contributed by atoms with E-state index >= 15 is 0 Å². The van der Waals surface area contributed by atoms with E-state index in [0.29, 0.717) is 5.69 Å². The maximum Gasteiger partial charge on any atom is 0.0843 e. The number of aromatic nitrogens is 1. The van der Waals surface area contributed by atoms with Gasteiger partial charge in [-0.25, -0.2) is 0 Å². The highest BCUT2D eigenvalue weighted by Gasteiger charge is 2.35. The fourth-order valence-electron chi connectivity index (χ4n) is 1.95. The molecule has 1 aliphatic heterocycles. The van der Waals surface area contributed by atoms with E-state index in [-0.39, 0.29) is 12.1 Å². The Balaban J connectivity index is 2.35. The van der Waals surface area contributed by atoms with Gasteiger partial charge < -0.3 is 16.2 Å². The van der Waals surface area contributed by atoms with Crippen LogP contribution in [0.4, 0.5) is 5.69 Å². The molecule has 0 bridgehead atoms. The molecule has 1 aliphatic rings. The molecule has 0 amide bonds. The van der Waals surface area contributed by atoms with E-state index in [1.54, 1.807) is 12.3 Å². The van der Waals surface area contributed by atoms with Crippen LogP contribution in [0, 0.1) is 0 Å². The first-order chi connectivity index (χ1) is 6.77. The fraction of sp³-hybridized carbons (Fsp3) is 0.500. The summed E-state index contributed by atoms with van der Waals surface area (Å²) in [5, 5.41) is 12.7. The lowest BCUT2D eigenvalue weighted by molar-refractivity contribution is 0.175. The molecular weight excluding hydrogens is 178 g/mol. The fourth-order valence-corrected chi connectivity index (χ4v) is 1.95. The van der Waals surface area contributed by atoms with Crippen molar-refractivity contribution in [3.63, 3.8) is 0 Å². The summed E-state index contributed by atoms with van der Waals surface area (Å²) in [6.07, 6.45) is 3.67. The Labute approximate surface area is 83.2 Å². The number of rotatable bonds is 2. The van der Waals surface area contributed by atoms with Crippen LogP contribution in [0.15, 0.2) is 18.3 Å². The Hall–Kier alpha value is -1.13. The van der Waals surface area contributed by atoms with Gasteiger partial charge in [-0.1, -0.05) is 0 Å². The lowest BCUT2D eigenvalue weighted by Gasteiger charge is -2.26. The molecule has 0 aromatic carbocycles. The molecule has 0 unspecified atom stereocenters. The predicted octanol–water partition coefficient (Wildman–Crippen LogP) is 0.235. The zero-order valence-corrected chi connectivity index (χ0v) is 8.03. The van der Waals surface area contributed by atoms with Crippen molar-refractivity contribution in [1.29, 1.82) is 0 Å². The van der Waals surface area contributed by atoms with Gasteiger partial charge in [0, 0.05) is 11.9 Å². The van der Waals surface area contributed by atoms with Crippen LogP contribution in [0.25, 0.3) is 0 Å². The Morgan fingerprint density at radius 3 is 3.07 bits per heavy atom. The van der Waals surface area contributed by atoms with E-state index in [2.05, 4.69) is 10.3 Å². The maximum atomic E-state index is 9.42. The minimum atomic E-state index is -0.366. The Morgan fingerprint density at radius 2 is 2.50 bits per heavy atom. The van der Waals surface area contributed by atoms with E-state index in [9.17, 15) is 5.11 Å². The van der Waals surface area contributed by atoms with Gasteiger partial charge >= 0.3 is 0 Å². The first-order valence-electron chi connectivity index (χ1n) is 4.85. The average molecular weight is 193 g/mol. The third-order valence-corrected chi connectivity index (χ3v) is 2.79. The lowest BCUT2D eigenvalue weighted by Crippen LogP contribution is -2.41. The van der Waals surface area contributed by atoms with Gasteiger partial charge in [0.05, 0.1) is 17.8 Å². The van der Waals surface area contributed by atoms with Crippen molar-refractivity contribution in [2.45, 2.75) is 18.4 Å². The van der Waals surface area contributed by atoms with Crippen molar-refractivity contribution in [3.05, 3.63) is 24.0 Å². The van der Waals surface area contributed by atoms with Crippen molar-refractivity contribution in [3.8, 4) is 0 Å². The molecule has 4 nitrogen and oxygen atoms in total. The number of nitrogen functional groups attached to an aromatic ring is 1. The lowest BCUT2D eigenvalue weighted by atomic mass is 9.93. The molecule has 1 aromatic heterocycles. The van der Waals surface area contributed by atoms with Gasteiger partial charge in [0.15, 0.2) is 0 Å². The summed E-state index contributed by atoms with van der Waals surface area (Å²) in [5.41, 5.74) is 6.86. The second-order valence-corrected chi connectivity index (χ2v) is 3.74. The smallest absolute Gasteiger partial charge is 0.0843 e. The first kappa shape index (κ1) is 9.43. The molecule has 14 heavy (non-hydrogen) atoms. The molecule has 0 aliphatic carbocycles. The predicted molar refractivity (Wildman–Crippen MR) is 54.6 cm³/mol. The van der Waals surface area contributed by atoms with E-state index in [0.717, 1.165) is 25.1 Å². The third kappa shape index (κ3) is 1.47. The summed E-state index contributed by atoms with van der Waals surface area (Å²) in [4.78, 5) is 4.26. The topological polar surface area (TPSA) is 71.2 Å². The summed E-state index contributed by atoms with van der Waals surface area (Å²) in [6.45, 7) is 1.00. The van der Waals surface area contributed by atoms with Crippen molar-refractivity contribution < 1.29 is 5.11 Å². The van der Waals surface area contributed by atoms with Crippen molar-refractivity contribution >= 4 is 5.69 Å². The summed E-state index contributed by atoms with van der Waals surface area (Å²) < 4.78 is 0. The third-order valence-electron chi connectivity index (χ3n) is 2.79. The second kappa shape index (κ2) is 3.55. The van der Waals surface area contributed by atoms with Gasteiger partial charge in [-0.2, -0.15) is 0 Å². The van der Waals surface area contributed by atoms with Crippen LogP contribution in [-0.4, -0.2) is 23.2 Å². The Kier molecular flexibility index (Phi) is 2.39. The van der Waals surface area contributed by atoms with Crippen molar-refractivity contribution in [1.82, 2.24) is 10.3 Å². The number of aliphatic hydroxyl groups is 1. The van der Waals surface area contributed by atoms with Crippen LogP contribution in [-0.2, 0) is 5.54 Å². The van der Waals surface area contributed by atoms with Crippen LogP contribution in [0.5, 0.6) is 0 Å². The standard InChI is InChI=1S/C10H15N3O/c11-8-2-5-12-9(6-8)10(7-14)3-1-4-13-10/h2,5-6,13-14H,1,3-4,7H2,(H2,11,12)/t10-/m0/s1. The molecular formula is C10H15N3O. The van der Waals surface area contributed by atoms with Crippen LogP contribution in [0.3, 0.4) is 0 Å². The first-order valence-corrected chi connectivity index (χ1v) is 4.85. The quantitative estimate of drug-likeness (QED) is 0.629. The molecule has 76 valence electrons. The molecule has 1 aromatic rings. The molecule has 4 N–H and O–H groups in total. The number of anilines is 1. The molecule has 1 saturated heterocycles. The molecule has 0 radical (unpaired) electrons. The highest BCUT2D eigenvalue weighted by molar-refractivity contribution is 5.39. The molecule has 4 heteroatoms. The molecule has 0 spiro atoms. The number of hydrogen-bond donors (Lipinski definition) is 3. The van der Waals surface area contributed by atoms with Crippen LogP contribution in [0.2, 0.25) is 0 Å². The molecule has 2 heterocycles. The number of nitrogens with two attached hydrogens (primary N) is 1. The largest absolute Gasteiger partial charge is 0.399 e. The van der Waals surface area contributed by atoms with E-state index in [1.165, 1.54) is 0 Å². The SMILES string of the molecule is Nc1ccnc([C@@]2(CO)CCCN2)c1. The minimum Gasteiger partial charge on any atom is -0.399 e. The van der Waals surface area contributed by atoms with Gasteiger partial charge in [-0.05, 0) is 31.5 Å². The molecule has 2 rings (SSSR count). The number of nitrogens with zero attached hydrogens (tertiary/aromatic N) is 1. The summed E-state index contributed by atoms with van der Waals surface area (Å²) in [7, 11) is 0. The van der Waals surface area contributed by atoms with E-state index in [1.807, 2.05) is 6.07 Å². The van der Waals surface area contributed by atoms with Crippen molar-refractivity contribution in [2.24, 2.45) is 0 Å². The van der Waals surface area contributed by atoms with Crippen molar-refractivity contribution in [2.75, 3.05) is 18.9 Å². The van der Waals surface area contributed by atoms with Crippen LogP contribution in [0.1, 0.15) is 18.5 Å². The normalized spacial score (nSPS) is 26.6. The summed E-state index contributed by atoms with van der Waals surface area (Å²) in [6, 6.07) is 3.58. The Morgan fingerprint density at radius 1 is 1.64 bits per heavy atom. The van der Waals surface area contributed by atoms with Gasteiger partial charge in [0.2, 0.25) is 0 Å². The van der Waals surface area contributed by atoms with Gasteiger partial charge in [-0.3, -0.25) is 4.98 Å². The van der Waals surface area contributed by atoms with Crippen LogP contribution >= 0.6 is 0 Å². The van der Waals surface area contributed by atoms with Gasteiger partial charge in [-0.15, -0.1) is 0 Å². The average Bonchev–Trinajstić information content (AvgIpc) is 2.67. The zero-order valence-electron chi connectivity index (χ0n) is 8.03. The highest BCUT2D eigenvalue weighted by atomic mass is 16.3. The number of hydrogen-bond acceptors (Lipinski definition) is 4. The molecule has 1 atom stereocenters. The van der Waals surface area contributed by atoms with Gasteiger partial charge in [0.1, 0.15) is 0 Å². The number of aliphatic hydroxyl groups excluding tert-OH is 1. The number of nitrogens with one attached hydrogen (secondary N) is 1. The van der Waals surface area contributed by atoms with E-state index in [4.69, 9.17) is 5.73 Å². The van der Waals surface area contributed by atoms with E-state index < -0.39 is 0 Å². The molecule has 1 fully saturated rings. The highest BCUT2D eigenvalue weighted by Crippen LogP contribution is 2.29.